The number of hydrogen-bond donors (Lipinski definition) is 2. The van der Waals surface area contributed by atoms with Gasteiger partial charge in [0.15, 0.2) is 5.82 Å². The SMILES string of the molecule is Cn1ccnc1C=NNC(=O)c1ccccc1Sc1ccc2c(C=Cc3ccccn3)n[nH]c2c1. The van der Waals surface area contributed by atoms with Crippen LogP contribution in [0.25, 0.3) is 23.1 Å². The zero-order chi connectivity index (χ0) is 24.0. The smallest absolute Gasteiger partial charge is 0.272 e. The number of benzene rings is 2. The maximum atomic E-state index is 12.8. The lowest BCUT2D eigenvalue weighted by Gasteiger charge is -2.08. The number of pyridine rings is 1. The van der Waals surface area contributed by atoms with Crippen molar-refractivity contribution in [3.05, 3.63) is 102 Å². The highest BCUT2D eigenvalue weighted by atomic mass is 32.2. The Bertz CT molecular complexity index is 1540. The standard InChI is InChI=1S/C26H21N7OS/c1-33-15-14-28-25(33)17-29-32-26(34)21-7-2-3-8-24(21)35-19-10-11-20-22(30-31-23(20)16-19)12-9-18-6-4-5-13-27-18/h2-17H,1H3,(H,30,31)(H,32,34). The van der Waals surface area contributed by atoms with Crippen LogP contribution >= 0.6 is 11.8 Å². The van der Waals surface area contributed by atoms with E-state index in [1.807, 2.05) is 84.6 Å². The van der Waals surface area contributed by atoms with E-state index in [1.165, 1.54) is 18.0 Å². The van der Waals surface area contributed by atoms with E-state index >= 15 is 0 Å². The average molecular weight is 480 g/mol. The quantitative estimate of drug-likeness (QED) is 0.259. The van der Waals surface area contributed by atoms with Crippen molar-refractivity contribution in [1.29, 1.82) is 0 Å². The number of nitrogens with zero attached hydrogens (tertiary/aromatic N) is 5. The van der Waals surface area contributed by atoms with Crippen molar-refractivity contribution in [1.82, 2.24) is 30.2 Å². The second kappa shape index (κ2) is 10.2. The molecule has 3 heterocycles. The van der Waals surface area contributed by atoms with E-state index < -0.39 is 0 Å². The lowest BCUT2D eigenvalue weighted by molar-refractivity contribution is 0.0952. The Hall–Kier alpha value is -4.50. The lowest BCUT2D eigenvalue weighted by atomic mass is 10.2. The van der Waals surface area contributed by atoms with Crippen LogP contribution in [0.5, 0.6) is 0 Å². The van der Waals surface area contributed by atoms with Crippen LogP contribution in [-0.4, -0.2) is 36.9 Å². The summed E-state index contributed by atoms with van der Waals surface area (Å²) >= 11 is 1.51. The van der Waals surface area contributed by atoms with Crippen LogP contribution in [-0.2, 0) is 7.05 Å². The average Bonchev–Trinajstić information content (AvgIpc) is 3.49. The first-order chi connectivity index (χ1) is 17.2. The van der Waals surface area contributed by atoms with E-state index in [4.69, 9.17) is 0 Å². The van der Waals surface area contributed by atoms with Crippen molar-refractivity contribution in [2.75, 3.05) is 0 Å². The first-order valence-corrected chi connectivity index (χ1v) is 11.6. The van der Waals surface area contributed by atoms with Gasteiger partial charge in [0.2, 0.25) is 0 Å². The molecule has 0 atom stereocenters. The summed E-state index contributed by atoms with van der Waals surface area (Å²) in [5, 5.41) is 12.6. The second-order valence-electron chi connectivity index (χ2n) is 7.60. The third-order valence-corrected chi connectivity index (χ3v) is 6.29. The molecule has 0 spiro atoms. The molecule has 2 N–H and O–H groups in total. The number of H-pyrrole nitrogens is 1. The van der Waals surface area contributed by atoms with E-state index in [0.717, 1.165) is 32.1 Å². The molecule has 0 saturated heterocycles. The lowest BCUT2D eigenvalue weighted by Crippen LogP contribution is -2.18. The van der Waals surface area contributed by atoms with Crippen LogP contribution in [0.1, 0.15) is 27.6 Å². The van der Waals surface area contributed by atoms with Gasteiger partial charge in [0.25, 0.3) is 5.91 Å². The molecular formula is C26H21N7OS. The number of aromatic amines is 1. The number of aryl methyl sites for hydroxylation is 1. The molecule has 5 rings (SSSR count). The molecule has 5 aromatic rings. The first-order valence-electron chi connectivity index (χ1n) is 10.8. The number of fused-ring (bicyclic) bond motifs is 1. The van der Waals surface area contributed by atoms with Gasteiger partial charge in [0, 0.05) is 40.8 Å². The molecule has 172 valence electrons. The van der Waals surface area contributed by atoms with Gasteiger partial charge in [0.05, 0.1) is 28.7 Å². The number of rotatable bonds is 7. The summed E-state index contributed by atoms with van der Waals surface area (Å²) in [6, 6.07) is 19.3. The maximum absolute atomic E-state index is 12.8. The zero-order valence-electron chi connectivity index (χ0n) is 18.8. The number of aromatic nitrogens is 5. The highest BCUT2D eigenvalue weighted by Crippen LogP contribution is 2.32. The number of imidazole rings is 1. The fraction of sp³-hybridized carbons (Fsp3) is 0.0385. The first kappa shape index (κ1) is 22.3. The van der Waals surface area contributed by atoms with Crippen LogP contribution in [0.2, 0.25) is 0 Å². The molecule has 0 unspecified atom stereocenters. The normalized spacial score (nSPS) is 11.6. The number of amides is 1. The number of carbonyl (C=O) groups is 1. The van der Waals surface area contributed by atoms with Crippen LogP contribution in [0.15, 0.2) is 94.1 Å². The van der Waals surface area contributed by atoms with E-state index in [9.17, 15) is 4.79 Å². The fourth-order valence-electron chi connectivity index (χ4n) is 3.43. The summed E-state index contributed by atoms with van der Waals surface area (Å²) in [6.07, 6.45) is 10.6. The number of nitrogens with one attached hydrogen (secondary N) is 2. The molecule has 0 fully saturated rings. The number of hydrogen-bond acceptors (Lipinski definition) is 6. The van der Waals surface area contributed by atoms with Gasteiger partial charge in [0.1, 0.15) is 0 Å². The van der Waals surface area contributed by atoms with Gasteiger partial charge in [-0.1, -0.05) is 30.0 Å². The van der Waals surface area contributed by atoms with E-state index in [2.05, 4.69) is 30.7 Å². The predicted octanol–water partition coefficient (Wildman–Crippen LogP) is 4.78. The summed E-state index contributed by atoms with van der Waals surface area (Å²) in [5.41, 5.74) is 5.75. The minimum Gasteiger partial charge on any atom is -0.333 e. The highest BCUT2D eigenvalue weighted by Gasteiger charge is 2.12. The Morgan fingerprint density at radius 1 is 1.06 bits per heavy atom. The fourth-order valence-corrected chi connectivity index (χ4v) is 4.41. The van der Waals surface area contributed by atoms with E-state index in [0.29, 0.717) is 11.4 Å². The Morgan fingerprint density at radius 2 is 1.94 bits per heavy atom. The van der Waals surface area contributed by atoms with Gasteiger partial charge < -0.3 is 4.57 Å². The maximum Gasteiger partial charge on any atom is 0.272 e. The molecule has 0 aliphatic carbocycles. The van der Waals surface area contributed by atoms with Gasteiger partial charge in [-0.3, -0.25) is 14.9 Å². The third-order valence-electron chi connectivity index (χ3n) is 5.23. The molecule has 9 heteroatoms. The van der Waals surface area contributed by atoms with Crippen LogP contribution < -0.4 is 5.43 Å². The van der Waals surface area contributed by atoms with Crippen molar-refractivity contribution < 1.29 is 4.79 Å². The minimum absolute atomic E-state index is 0.289. The monoisotopic (exact) mass is 479 g/mol. The summed E-state index contributed by atoms with van der Waals surface area (Å²) < 4.78 is 1.81. The molecule has 0 aliphatic heterocycles. The molecular weight excluding hydrogens is 458 g/mol. The van der Waals surface area contributed by atoms with Crippen molar-refractivity contribution in [2.24, 2.45) is 12.1 Å². The molecule has 35 heavy (non-hydrogen) atoms. The van der Waals surface area contributed by atoms with Crippen LogP contribution in [0.3, 0.4) is 0 Å². The summed E-state index contributed by atoms with van der Waals surface area (Å²) in [7, 11) is 1.86. The van der Waals surface area contributed by atoms with Gasteiger partial charge in [-0.05, 0) is 54.6 Å². The van der Waals surface area contributed by atoms with E-state index in [-0.39, 0.29) is 5.91 Å². The Labute approximate surface area is 205 Å². The molecule has 1 amide bonds. The molecule has 3 aromatic heterocycles. The van der Waals surface area contributed by atoms with Crippen molar-refractivity contribution in [3.63, 3.8) is 0 Å². The molecule has 0 bridgehead atoms. The second-order valence-corrected chi connectivity index (χ2v) is 8.71. The molecule has 0 saturated carbocycles. The van der Waals surface area contributed by atoms with Crippen molar-refractivity contribution in [2.45, 2.75) is 9.79 Å². The van der Waals surface area contributed by atoms with Gasteiger partial charge in [-0.15, -0.1) is 0 Å². The van der Waals surface area contributed by atoms with Gasteiger partial charge in [-0.2, -0.15) is 10.2 Å². The summed E-state index contributed by atoms with van der Waals surface area (Å²) in [4.78, 5) is 23.0. The zero-order valence-corrected chi connectivity index (χ0v) is 19.6. The van der Waals surface area contributed by atoms with Crippen molar-refractivity contribution in [3.8, 4) is 0 Å². The highest BCUT2D eigenvalue weighted by molar-refractivity contribution is 7.99. The Morgan fingerprint density at radius 3 is 2.77 bits per heavy atom. The van der Waals surface area contributed by atoms with Crippen molar-refractivity contribution >= 4 is 46.9 Å². The van der Waals surface area contributed by atoms with E-state index in [1.54, 1.807) is 18.5 Å². The van der Waals surface area contributed by atoms with Crippen LogP contribution in [0.4, 0.5) is 0 Å². The Kier molecular flexibility index (Phi) is 6.49. The minimum atomic E-state index is -0.289. The topological polar surface area (TPSA) is 101 Å². The summed E-state index contributed by atoms with van der Waals surface area (Å²) in [5.74, 6) is 0.359. The molecule has 2 aromatic carbocycles. The largest absolute Gasteiger partial charge is 0.333 e. The molecule has 0 radical (unpaired) electrons. The number of hydrazone groups is 1. The third kappa shape index (κ3) is 5.20. The number of carbonyl (C=O) groups excluding carboxylic acids is 1. The predicted molar refractivity (Wildman–Crippen MR) is 138 cm³/mol. The van der Waals surface area contributed by atoms with Gasteiger partial charge in [-0.25, -0.2) is 10.4 Å². The summed E-state index contributed by atoms with van der Waals surface area (Å²) in [6.45, 7) is 0. The molecule has 0 aliphatic rings. The van der Waals surface area contributed by atoms with Gasteiger partial charge >= 0.3 is 0 Å². The Balaban J connectivity index is 1.32. The molecule has 8 nitrogen and oxygen atoms in total. The van der Waals surface area contributed by atoms with Crippen LogP contribution in [0, 0.1) is 0 Å².